The Morgan fingerprint density at radius 3 is 2.61 bits per heavy atom. The highest BCUT2D eigenvalue weighted by molar-refractivity contribution is 14.2. The molecule has 0 saturated carbocycles. The number of nitrogens with zero attached hydrogens (tertiary/aromatic N) is 2. The molecule has 0 bridgehead atoms. The van der Waals surface area contributed by atoms with E-state index in [9.17, 15) is 23.1 Å². The number of benzene rings is 1. The maximum absolute atomic E-state index is 13.3. The van der Waals surface area contributed by atoms with E-state index in [-0.39, 0.29) is 23.6 Å². The van der Waals surface area contributed by atoms with Crippen LogP contribution in [-0.4, -0.2) is 26.5 Å². The van der Waals surface area contributed by atoms with Gasteiger partial charge in [0.25, 0.3) is 0 Å². The fourth-order valence-electron chi connectivity index (χ4n) is 2.84. The Labute approximate surface area is 174 Å². The third-order valence-corrected chi connectivity index (χ3v) is 5.87. The van der Waals surface area contributed by atoms with Crippen LogP contribution in [0.2, 0.25) is 0 Å². The molecular weight excluding hydrogens is 508 g/mol. The van der Waals surface area contributed by atoms with Gasteiger partial charge in [-0.15, -0.1) is 0 Å². The molecule has 5 nitrogen and oxygen atoms in total. The molecule has 0 atom stereocenters. The van der Waals surface area contributed by atoms with Crippen molar-refractivity contribution in [3.8, 4) is 11.4 Å². The number of carbonyl (C=O) groups is 1. The summed E-state index contributed by atoms with van der Waals surface area (Å²) in [6.45, 7) is -0.229. The highest BCUT2D eigenvalue weighted by Crippen LogP contribution is 2.35. The van der Waals surface area contributed by atoms with E-state index in [0.717, 1.165) is 18.2 Å². The Morgan fingerprint density at radius 2 is 2.00 bits per heavy atom. The zero-order valence-corrected chi connectivity index (χ0v) is 17.4. The van der Waals surface area contributed by atoms with E-state index >= 15 is 0 Å². The molecule has 0 aliphatic carbocycles. The minimum atomic E-state index is -4.54. The van der Waals surface area contributed by atoms with Gasteiger partial charge in [-0.1, -0.05) is 0 Å². The number of halogens is 4. The van der Waals surface area contributed by atoms with Gasteiger partial charge in [-0.2, -0.15) is 13.2 Å². The number of hydrogen-bond acceptors (Lipinski definition) is 4. The third kappa shape index (κ3) is 3.80. The van der Waals surface area contributed by atoms with Gasteiger partial charge < -0.3 is 14.4 Å². The molecule has 0 unspecified atom stereocenters. The van der Waals surface area contributed by atoms with E-state index in [1.165, 1.54) is 16.2 Å². The average molecular weight is 522 g/mol. The van der Waals surface area contributed by atoms with Crippen molar-refractivity contribution >= 4 is 36.1 Å². The molecule has 3 aromatic rings. The lowest BCUT2D eigenvalue weighted by Gasteiger charge is -2.14. The summed E-state index contributed by atoms with van der Waals surface area (Å²) < 4.78 is 47.3. The average Bonchev–Trinajstić information content (AvgIpc) is 3.31. The monoisotopic (exact) mass is 522 g/mol. The summed E-state index contributed by atoms with van der Waals surface area (Å²) in [5.74, 6) is -0.654. The molecule has 2 heterocycles. The van der Waals surface area contributed by atoms with Gasteiger partial charge in [-0.3, -0.25) is 8.77 Å². The van der Waals surface area contributed by atoms with Gasteiger partial charge in [0.1, 0.15) is 11.4 Å². The normalized spacial score (nSPS) is 11.6. The van der Waals surface area contributed by atoms with E-state index in [1.54, 1.807) is 39.1 Å². The number of aliphatic hydroxyl groups is 1. The molecule has 0 amide bonds. The van der Waals surface area contributed by atoms with Crippen LogP contribution in [0.15, 0.2) is 48.8 Å². The van der Waals surface area contributed by atoms with E-state index in [1.807, 2.05) is 21.2 Å². The molecule has 2 aromatic heterocycles. The molecule has 0 radical (unpaired) electrons. The molecule has 148 valence electrons. The maximum atomic E-state index is 13.3. The number of hydrogen-bond donors (Lipinski definition) is 1. The van der Waals surface area contributed by atoms with E-state index < -0.39 is 17.5 Å². The number of aromatic nitrogens is 2. The third-order valence-electron chi connectivity index (χ3n) is 4.15. The van der Waals surface area contributed by atoms with Crippen molar-refractivity contribution in [2.45, 2.75) is 12.8 Å². The fourth-order valence-corrected chi connectivity index (χ4v) is 4.17. The molecule has 0 saturated heterocycles. The van der Waals surface area contributed by atoms with Gasteiger partial charge in [-0.25, -0.2) is 0 Å². The smallest absolute Gasteiger partial charge is 0.416 e. The quantitative estimate of drug-likeness (QED) is 0.371. The van der Waals surface area contributed by atoms with Crippen molar-refractivity contribution in [1.82, 2.24) is 8.54 Å². The standard InChI is InChI=1S/C18H14F3IN2O3S/c1-27-15-9-11(18(19,20)21)4-5-13(15)17(26)16-14(6-8-24(16)28-22)23-7-2-3-12(23)10-25/h2-9,25H,10H2,1H3. The summed E-state index contributed by atoms with van der Waals surface area (Å²) >= 11 is 2.00. The molecule has 3 rings (SSSR count). The van der Waals surface area contributed by atoms with Crippen LogP contribution in [0.5, 0.6) is 5.75 Å². The molecule has 0 spiro atoms. The molecule has 10 heteroatoms. The highest BCUT2D eigenvalue weighted by Gasteiger charge is 2.32. The summed E-state index contributed by atoms with van der Waals surface area (Å²) in [4.78, 5) is 13.3. The Kier molecular flexibility index (Phi) is 6.10. The van der Waals surface area contributed by atoms with E-state index in [0.29, 0.717) is 11.4 Å². The van der Waals surface area contributed by atoms with Crippen molar-refractivity contribution < 1.29 is 27.8 Å². The second kappa shape index (κ2) is 8.21. The predicted octanol–water partition coefficient (Wildman–Crippen LogP) is 4.88. The lowest BCUT2D eigenvalue weighted by Crippen LogP contribution is -2.13. The molecular formula is C18H14F3IN2O3S. The van der Waals surface area contributed by atoms with Crippen molar-refractivity contribution in [2.75, 3.05) is 7.11 Å². The van der Waals surface area contributed by atoms with Gasteiger partial charge in [0.15, 0.2) is 0 Å². The topological polar surface area (TPSA) is 56.4 Å². The maximum Gasteiger partial charge on any atom is 0.416 e. The van der Waals surface area contributed by atoms with Crippen LogP contribution in [0, 0.1) is 0 Å². The van der Waals surface area contributed by atoms with E-state index in [4.69, 9.17) is 4.74 Å². The zero-order chi connectivity index (χ0) is 20.5. The zero-order valence-electron chi connectivity index (χ0n) is 14.4. The lowest BCUT2D eigenvalue weighted by atomic mass is 10.0. The van der Waals surface area contributed by atoms with Crippen LogP contribution >= 0.6 is 30.3 Å². The predicted molar refractivity (Wildman–Crippen MR) is 108 cm³/mol. The van der Waals surface area contributed by atoms with Gasteiger partial charge in [0.2, 0.25) is 5.78 Å². The Hall–Kier alpha value is -1.92. The van der Waals surface area contributed by atoms with Gasteiger partial charge in [0, 0.05) is 48.4 Å². The van der Waals surface area contributed by atoms with Gasteiger partial charge in [-0.05, 0) is 36.4 Å². The van der Waals surface area contributed by atoms with Crippen LogP contribution < -0.4 is 4.74 Å². The number of ketones is 1. The molecule has 1 aromatic carbocycles. The molecule has 28 heavy (non-hydrogen) atoms. The first-order valence-electron chi connectivity index (χ1n) is 7.89. The van der Waals surface area contributed by atoms with Crippen LogP contribution in [-0.2, 0) is 12.8 Å². The fraction of sp³-hybridized carbons (Fsp3) is 0.167. The highest BCUT2D eigenvalue weighted by atomic mass is 127. The van der Waals surface area contributed by atoms with Crippen LogP contribution in [0.25, 0.3) is 5.69 Å². The summed E-state index contributed by atoms with van der Waals surface area (Å²) in [7, 11) is 2.46. The Morgan fingerprint density at radius 1 is 1.25 bits per heavy atom. The lowest BCUT2D eigenvalue weighted by molar-refractivity contribution is -0.137. The van der Waals surface area contributed by atoms with Gasteiger partial charge in [0.05, 0.1) is 30.5 Å². The second-order valence-electron chi connectivity index (χ2n) is 5.71. The van der Waals surface area contributed by atoms with Crippen LogP contribution in [0.4, 0.5) is 13.2 Å². The summed E-state index contributed by atoms with van der Waals surface area (Å²) in [6, 6.07) is 7.93. The second-order valence-corrected chi connectivity index (χ2v) is 7.43. The molecule has 0 aliphatic heterocycles. The molecule has 1 N–H and O–H groups in total. The van der Waals surface area contributed by atoms with Crippen molar-refractivity contribution in [3.63, 3.8) is 0 Å². The number of aliphatic hydroxyl groups excluding tert-OH is 1. The van der Waals surface area contributed by atoms with Crippen LogP contribution in [0.3, 0.4) is 0 Å². The minimum absolute atomic E-state index is 0.0138. The first kappa shape index (κ1) is 20.8. The minimum Gasteiger partial charge on any atom is -0.496 e. The van der Waals surface area contributed by atoms with Crippen molar-refractivity contribution in [2.24, 2.45) is 0 Å². The summed E-state index contributed by atoms with van der Waals surface area (Å²) in [6.07, 6.45) is -1.17. The van der Waals surface area contributed by atoms with Gasteiger partial charge >= 0.3 is 6.18 Å². The largest absolute Gasteiger partial charge is 0.496 e. The summed E-state index contributed by atoms with van der Waals surface area (Å²) in [5.41, 5.74) is 0.450. The first-order valence-corrected chi connectivity index (χ1v) is 11.2. The molecule has 0 fully saturated rings. The van der Waals surface area contributed by atoms with Crippen molar-refractivity contribution in [3.05, 3.63) is 71.3 Å². The first-order chi connectivity index (χ1) is 13.3. The van der Waals surface area contributed by atoms with Crippen molar-refractivity contribution in [1.29, 1.82) is 0 Å². The summed E-state index contributed by atoms with van der Waals surface area (Å²) in [5, 5.41) is 9.52. The van der Waals surface area contributed by atoms with Crippen LogP contribution in [0.1, 0.15) is 27.3 Å². The number of carbonyl (C=O) groups excluding carboxylic acids is 1. The SMILES string of the molecule is COc1cc(C(F)(F)F)ccc1C(=O)c1c(-n2cccc2CO)ccn1SI. The number of methoxy groups -OCH3 is 1. The van der Waals surface area contributed by atoms with E-state index in [2.05, 4.69) is 0 Å². The Bertz CT molecular complexity index is 1010. The number of rotatable bonds is 6. The number of ether oxygens (including phenoxy) is 1. The number of alkyl halides is 3. The Balaban J connectivity index is 2.14. The molecule has 0 aliphatic rings.